The zero-order valence-corrected chi connectivity index (χ0v) is 11.1. The maximum atomic E-state index is 11.9. The summed E-state index contributed by atoms with van der Waals surface area (Å²) in [5.74, 6) is 0.0867. The molecule has 0 saturated carbocycles. The van der Waals surface area contributed by atoms with Gasteiger partial charge in [-0.05, 0) is 23.8 Å². The largest absolute Gasteiger partial charge is 0.449 e. The summed E-state index contributed by atoms with van der Waals surface area (Å²) in [7, 11) is 0. The average Bonchev–Trinajstić information content (AvgIpc) is 2.86. The van der Waals surface area contributed by atoms with E-state index >= 15 is 0 Å². The van der Waals surface area contributed by atoms with E-state index in [0.717, 1.165) is 11.1 Å². The molecule has 1 heterocycles. The van der Waals surface area contributed by atoms with Crippen LogP contribution in [0.3, 0.4) is 0 Å². The van der Waals surface area contributed by atoms with E-state index in [1.165, 1.54) is 0 Å². The Kier molecular flexibility index (Phi) is 3.30. The predicted octanol–water partition coefficient (Wildman–Crippen LogP) is 2.26. The third kappa shape index (κ3) is 2.22. The van der Waals surface area contributed by atoms with Gasteiger partial charge in [-0.1, -0.05) is 24.3 Å². The van der Waals surface area contributed by atoms with E-state index in [2.05, 4.69) is 0 Å². The van der Waals surface area contributed by atoms with Crippen LogP contribution in [0.4, 0.5) is 0 Å². The summed E-state index contributed by atoms with van der Waals surface area (Å²) in [5.41, 5.74) is 8.58. The number of esters is 1. The molecule has 104 valence electrons. The Morgan fingerprint density at radius 1 is 1.29 bits per heavy atom. The van der Waals surface area contributed by atoms with E-state index in [1.807, 2.05) is 12.1 Å². The molecular weight excluding hydrogens is 268 g/mol. The Morgan fingerprint density at radius 2 is 2.10 bits per heavy atom. The molecule has 1 atom stereocenters. The number of benzene rings is 2. The molecular formula is C16H12N2O3. The van der Waals surface area contributed by atoms with E-state index in [0.29, 0.717) is 16.9 Å². The lowest BCUT2D eigenvalue weighted by Crippen LogP contribution is -2.05. The molecule has 5 nitrogen and oxygen atoms in total. The van der Waals surface area contributed by atoms with Crippen LogP contribution in [0.5, 0.6) is 5.75 Å². The Hall–Kier alpha value is -2.84. The Bertz CT molecular complexity index is 749. The van der Waals surface area contributed by atoms with Crippen molar-refractivity contribution >= 4 is 5.97 Å². The first-order chi connectivity index (χ1) is 10.2. The molecule has 21 heavy (non-hydrogen) atoms. The zero-order valence-electron chi connectivity index (χ0n) is 11.1. The number of rotatable bonds is 3. The van der Waals surface area contributed by atoms with Crippen LogP contribution in [0, 0.1) is 11.5 Å². The highest BCUT2D eigenvalue weighted by molar-refractivity contribution is 5.94. The normalized spacial score (nSPS) is 16.0. The van der Waals surface area contributed by atoms with Crippen LogP contribution in [0.1, 0.15) is 33.2 Å². The smallest absolute Gasteiger partial charge is 0.339 e. The molecule has 0 amide bonds. The minimum atomic E-state index is -0.449. The summed E-state index contributed by atoms with van der Waals surface area (Å²) in [6.07, 6.45) is 1.18. The van der Waals surface area contributed by atoms with Crippen molar-refractivity contribution in [3.63, 3.8) is 0 Å². The fourth-order valence-corrected chi connectivity index (χ4v) is 2.46. The van der Waals surface area contributed by atoms with Crippen molar-refractivity contribution in [3.8, 4) is 12.0 Å². The number of carbonyl (C=O) groups is 1. The minimum absolute atomic E-state index is 0.229. The zero-order chi connectivity index (χ0) is 14.8. The first-order valence-electron chi connectivity index (χ1n) is 6.43. The number of carbonyl (C=O) groups excluding carboxylic acids is 1. The molecule has 0 fully saturated rings. The van der Waals surface area contributed by atoms with E-state index in [1.54, 1.807) is 36.6 Å². The first kappa shape index (κ1) is 13.2. The quantitative estimate of drug-likeness (QED) is 0.688. The molecule has 1 aliphatic heterocycles. The summed E-state index contributed by atoms with van der Waals surface area (Å²) < 4.78 is 10.3. The molecule has 0 radical (unpaired) electrons. The fourth-order valence-electron chi connectivity index (χ4n) is 2.46. The van der Waals surface area contributed by atoms with Crippen LogP contribution in [0.25, 0.3) is 0 Å². The van der Waals surface area contributed by atoms with Crippen molar-refractivity contribution in [1.29, 1.82) is 5.26 Å². The summed E-state index contributed by atoms with van der Waals surface area (Å²) >= 11 is 0. The molecule has 0 aromatic heterocycles. The van der Waals surface area contributed by atoms with Crippen molar-refractivity contribution < 1.29 is 14.3 Å². The van der Waals surface area contributed by atoms with Crippen LogP contribution < -0.4 is 10.5 Å². The molecule has 3 rings (SSSR count). The Balaban J connectivity index is 2.03. The van der Waals surface area contributed by atoms with Gasteiger partial charge in [0.05, 0.1) is 5.56 Å². The van der Waals surface area contributed by atoms with Gasteiger partial charge in [0.15, 0.2) is 6.10 Å². The van der Waals surface area contributed by atoms with Gasteiger partial charge in [0.25, 0.3) is 6.26 Å². The van der Waals surface area contributed by atoms with Gasteiger partial charge in [0.2, 0.25) is 0 Å². The Labute approximate surface area is 121 Å². The number of hydrogen-bond acceptors (Lipinski definition) is 5. The number of ether oxygens (including phenoxy) is 2. The van der Waals surface area contributed by atoms with Crippen molar-refractivity contribution in [2.75, 3.05) is 0 Å². The lowest BCUT2D eigenvalue weighted by molar-refractivity contribution is 0.0455. The lowest BCUT2D eigenvalue weighted by Gasteiger charge is -2.13. The summed E-state index contributed by atoms with van der Waals surface area (Å²) in [6, 6.07) is 12.5. The number of nitrogens with two attached hydrogens (primary N) is 1. The SMILES string of the molecule is N#COc1ccc(C2OC(=O)c3ccccc32)cc1CN. The lowest BCUT2D eigenvalue weighted by atomic mass is 9.97. The minimum Gasteiger partial charge on any atom is -0.449 e. The van der Waals surface area contributed by atoms with Gasteiger partial charge in [-0.2, -0.15) is 0 Å². The second-order valence-corrected chi connectivity index (χ2v) is 4.64. The molecule has 2 aromatic rings. The van der Waals surface area contributed by atoms with Crippen molar-refractivity contribution in [3.05, 3.63) is 64.7 Å². The number of hydrogen-bond donors (Lipinski definition) is 1. The van der Waals surface area contributed by atoms with Crippen molar-refractivity contribution in [2.45, 2.75) is 12.6 Å². The van der Waals surface area contributed by atoms with Gasteiger partial charge in [-0.25, -0.2) is 4.79 Å². The summed E-state index contributed by atoms with van der Waals surface area (Å²) in [6.45, 7) is 0.229. The maximum Gasteiger partial charge on any atom is 0.339 e. The second kappa shape index (κ2) is 5.27. The Morgan fingerprint density at radius 3 is 2.86 bits per heavy atom. The molecule has 2 N–H and O–H groups in total. The van der Waals surface area contributed by atoms with Gasteiger partial charge in [0, 0.05) is 17.7 Å². The highest BCUT2D eigenvalue weighted by atomic mass is 16.5. The first-order valence-corrected chi connectivity index (χ1v) is 6.43. The van der Waals surface area contributed by atoms with Crippen LogP contribution in [0.2, 0.25) is 0 Å². The van der Waals surface area contributed by atoms with Crippen LogP contribution in [-0.4, -0.2) is 5.97 Å². The van der Waals surface area contributed by atoms with Crippen molar-refractivity contribution in [1.82, 2.24) is 0 Å². The molecule has 0 aliphatic carbocycles. The van der Waals surface area contributed by atoms with Crippen LogP contribution >= 0.6 is 0 Å². The molecule has 5 heteroatoms. The fraction of sp³-hybridized carbons (Fsp3) is 0.125. The average molecular weight is 280 g/mol. The van der Waals surface area contributed by atoms with E-state index in [-0.39, 0.29) is 12.5 Å². The second-order valence-electron chi connectivity index (χ2n) is 4.64. The van der Waals surface area contributed by atoms with Gasteiger partial charge in [0.1, 0.15) is 5.75 Å². The summed E-state index contributed by atoms with van der Waals surface area (Å²) in [4.78, 5) is 11.9. The highest BCUT2D eigenvalue weighted by Gasteiger charge is 2.31. The van der Waals surface area contributed by atoms with E-state index in [9.17, 15) is 4.79 Å². The van der Waals surface area contributed by atoms with Gasteiger partial charge in [-0.3, -0.25) is 0 Å². The number of nitriles is 1. The number of fused-ring (bicyclic) bond motifs is 1. The van der Waals surface area contributed by atoms with E-state index < -0.39 is 6.10 Å². The third-order valence-corrected chi connectivity index (χ3v) is 3.45. The highest BCUT2D eigenvalue weighted by Crippen LogP contribution is 2.37. The molecule has 2 aromatic carbocycles. The molecule has 1 aliphatic rings. The third-order valence-electron chi connectivity index (χ3n) is 3.45. The number of nitrogens with zero attached hydrogens (tertiary/aromatic N) is 1. The monoisotopic (exact) mass is 280 g/mol. The van der Waals surface area contributed by atoms with Crippen LogP contribution in [-0.2, 0) is 11.3 Å². The molecule has 0 saturated heterocycles. The summed E-state index contributed by atoms with van der Waals surface area (Å²) in [5, 5.41) is 8.60. The molecule has 1 unspecified atom stereocenters. The molecule has 0 bridgehead atoms. The van der Waals surface area contributed by atoms with Gasteiger partial charge >= 0.3 is 5.97 Å². The van der Waals surface area contributed by atoms with Gasteiger partial charge in [-0.15, -0.1) is 5.26 Å². The van der Waals surface area contributed by atoms with Crippen molar-refractivity contribution in [2.24, 2.45) is 5.73 Å². The van der Waals surface area contributed by atoms with Gasteiger partial charge < -0.3 is 15.2 Å². The number of cyclic esters (lactones) is 1. The van der Waals surface area contributed by atoms with Crippen LogP contribution in [0.15, 0.2) is 42.5 Å². The standard InChI is InChI=1S/C16H12N2O3/c17-8-11-7-10(5-6-14(11)20-9-18)15-12-3-1-2-4-13(12)16(19)21-15/h1-7,15H,8,17H2. The predicted molar refractivity (Wildman–Crippen MR) is 74.3 cm³/mol. The molecule has 0 spiro atoms. The topological polar surface area (TPSA) is 85.3 Å². The van der Waals surface area contributed by atoms with E-state index in [4.69, 9.17) is 20.5 Å². The maximum absolute atomic E-state index is 11.9.